The second-order valence-corrected chi connectivity index (χ2v) is 5.97. The largest absolute Gasteiger partial charge is 0.320 e. The van der Waals surface area contributed by atoms with E-state index in [-0.39, 0.29) is 6.04 Å². The van der Waals surface area contributed by atoms with Crippen LogP contribution in [0.2, 0.25) is 4.34 Å². The molecule has 2 aromatic heterocycles. The summed E-state index contributed by atoms with van der Waals surface area (Å²) in [5.41, 5.74) is 7.20. The minimum absolute atomic E-state index is 0.0301. The van der Waals surface area contributed by atoms with Crippen molar-refractivity contribution in [2.24, 2.45) is 5.73 Å². The van der Waals surface area contributed by atoms with E-state index in [1.807, 2.05) is 11.4 Å². The summed E-state index contributed by atoms with van der Waals surface area (Å²) < 4.78 is 0.795. The fourth-order valence-electron chi connectivity index (χ4n) is 1.27. The molecule has 0 aromatic carbocycles. The van der Waals surface area contributed by atoms with Crippen molar-refractivity contribution in [2.45, 2.75) is 13.0 Å². The summed E-state index contributed by atoms with van der Waals surface area (Å²) in [7, 11) is 0. The van der Waals surface area contributed by atoms with E-state index in [0.29, 0.717) is 0 Å². The molecule has 1 nitrogen and oxygen atoms in total. The number of rotatable bonds is 2. The highest BCUT2D eigenvalue weighted by molar-refractivity contribution is 7.14. The van der Waals surface area contributed by atoms with Crippen LogP contribution in [0.25, 0.3) is 0 Å². The van der Waals surface area contributed by atoms with Crippen LogP contribution in [0.5, 0.6) is 0 Å². The average molecular weight is 244 g/mol. The lowest BCUT2D eigenvalue weighted by Crippen LogP contribution is -2.08. The molecule has 2 rings (SSSR count). The average Bonchev–Trinajstić information content (AvgIpc) is 2.73. The van der Waals surface area contributed by atoms with Gasteiger partial charge in [0.15, 0.2) is 0 Å². The number of aryl methyl sites for hydroxylation is 1. The summed E-state index contributed by atoms with van der Waals surface area (Å²) in [6, 6.07) is 6.08. The molecule has 2 N–H and O–H groups in total. The zero-order chi connectivity index (χ0) is 10.1. The lowest BCUT2D eigenvalue weighted by atomic mass is 10.1. The van der Waals surface area contributed by atoms with Crippen LogP contribution < -0.4 is 5.73 Å². The molecule has 0 radical (unpaired) electrons. The van der Waals surface area contributed by atoms with Crippen molar-refractivity contribution in [3.63, 3.8) is 0 Å². The molecule has 0 aliphatic heterocycles. The Morgan fingerprint density at radius 3 is 2.71 bits per heavy atom. The van der Waals surface area contributed by atoms with E-state index in [1.165, 1.54) is 21.1 Å². The minimum atomic E-state index is -0.0301. The Kier molecular flexibility index (Phi) is 2.93. The third-order valence-electron chi connectivity index (χ3n) is 2.01. The maximum atomic E-state index is 6.10. The van der Waals surface area contributed by atoms with E-state index in [1.54, 1.807) is 11.3 Å². The molecule has 0 aliphatic rings. The Hall–Kier alpha value is -0.350. The first-order valence-electron chi connectivity index (χ1n) is 4.22. The van der Waals surface area contributed by atoms with Gasteiger partial charge in [-0.3, -0.25) is 0 Å². The van der Waals surface area contributed by atoms with Crippen LogP contribution in [0, 0.1) is 6.92 Å². The zero-order valence-electron chi connectivity index (χ0n) is 7.66. The predicted molar refractivity (Wildman–Crippen MR) is 64.4 cm³/mol. The van der Waals surface area contributed by atoms with Gasteiger partial charge in [-0.1, -0.05) is 11.6 Å². The summed E-state index contributed by atoms with van der Waals surface area (Å²) >= 11 is 9.12. The monoisotopic (exact) mass is 243 g/mol. The molecule has 4 heteroatoms. The normalized spacial score (nSPS) is 13.1. The number of halogens is 1. The first-order chi connectivity index (χ1) is 6.66. The smallest absolute Gasteiger partial charge is 0.0931 e. The van der Waals surface area contributed by atoms with E-state index >= 15 is 0 Å². The fraction of sp³-hybridized carbons (Fsp3) is 0.200. The van der Waals surface area contributed by atoms with Crippen molar-refractivity contribution in [2.75, 3.05) is 0 Å². The Balaban J connectivity index is 2.28. The summed E-state index contributed by atoms with van der Waals surface area (Å²) in [5, 5.41) is 2.02. The molecule has 74 valence electrons. The maximum Gasteiger partial charge on any atom is 0.0931 e. The Morgan fingerprint density at radius 2 is 2.21 bits per heavy atom. The molecule has 1 unspecified atom stereocenters. The van der Waals surface area contributed by atoms with Crippen LogP contribution >= 0.6 is 34.3 Å². The van der Waals surface area contributed by atoms with Gasteiger partial charge < -0.3 is 5.73 Å². The molecular weight excluding hydrogens is 234 g/mol. The first-order valence-corrected chi connectivity index (χ1v) is 6.30. The molecule has 0 saturated carbocycles. The second-order valence-electron chi connectivity index (χ2n) is 3.11. The highest BCUT2D eigenvalue weighted by atomic mass is 35.5. The van der Waals surface area contributed by atoms with Gasteiger partial charge in [0.1, 0.15) is 0 Å². The minimum Gasteiger partial charge on any atom is -0.320 e. The van der Waals surface area contributed by atoms with Crippen molar-refractivity contribution >= 4 is 34.3 Å². The van der Waals surface area contributed by atoms with Gasteiger partial charge in [-0.15, -0.1) is 22.7 Å². The molecule has 1 atom stereocenters. The lowest BCUT2D eigenvalue weighted by molar-refractivity contribution is 0.899. The number of nitrogens with two attached hydrogens (primary N) is 1. The second kappa shape index (κ2) is 4.03. The van der Waals surface area contributed by atoms with Crippen molar-refractivity contribution in [3.05, 3.63) is 43.2 Å². The molecule has 0 fully saturated rings. The van der Waals surface area contributed by atoms with E-state index in [9.17, 15) is 0 Å². The molecule has 0 aliphatic carbocycles. The molecule has 2 heterocycles. The molecule has 0 bridgehead atoms. The highest BCUT2D eigenvalue weighted by Crippen LogP contribution is 2.30. The molecule has 2 aromatic rings. The SMILES string of the molecule is Cc1ccc(C(N)c2csc(Cl)c2)s1. The van der Waals surface area contributed by atoms with Gasteiger partial charge in [0.2, 0.25) is 0 Å². The van der Waals surface area contributed by atoms with Gasteiger partial charge in [0.25, 0.3) is 0 Å². The highest BCUT2D eigenvalue weighted by Gasteiger charge is 2.12. The fourth-order valence-corrected chi connectivity index (χ4v) is 3.11. The Morgan fingerprint density at radius 1 is 1.43 bits per heavy atom. The molecule has 0 amide bonds. The van der Waals surface area contributed by atoms with Crippen LogP contribution in [0.1, 0.15) is 21.4 Å². The zero-order valence-corrected chi connectivity index (χ0v) is 10.0. The predicted octanol–water partition coefficient (Wildman–Crippen LogP) is 3.82. The summed E-state index contributed by atoms with van der Waals surface area (Å²) in [6.45, 7) is 2.08. The van der Waals surface area contributed by atoms with E-state index in [2.05, 4.69) is 19.1 Å². The van der Waals surface area contributed by atoms with Crippen LogP contribution in [0.3, 0.4) is 0 Å². The molecule has 0 saturated heterocycles. The Labute approximate surface area is 96.1 Å². The van der Waals surface area contributed by atoms with Crippen LogP contribution in [-0.4, -0.2) is 0 Å². The van der Waals surface area contributed by atoms with Crippen LogP contribution in [0.4, 0.5) is 0 Å². The van der Waals surface area contributed by atoms with E-state index < -0.39 is 0 Å². The first kappa shape index (κ1) is 10.2. The Bertz CT molecular complexity index is 393. The number of hydrogen-bond acceptors (Lipinski definition) is 3. The summed E-state index contributed by atoms with van der Waals surface area (Å²) in [6.07, 6.45) is 0. The number of hydrogen-bond donors (Lipinski definition) is 1. The maximum absolute atomic E-state index is 6.10. The van der Waals surface area contributed by atoms with Crippen LogP contribution in [-0.2, 0) is 0 Å². The quantitative estimate of drug-likeness (QED) is 0.853. The third-order valence-corrected chi connectivity index (χ3v) is 4.21. The molecule has 14 heavy (non-hydrogen) atoms. The van der Waals surface area contributed by atoms with Crippen molar-refractivity contribution in [1.29, 1.82) is 0 Å². The van der Waals surface area contributed by atoms with Gasteiger partial charge in [0, 0.05) is 9.75 Å². The molecule has 0 spiro atoms. The van der Waals surface area contributed by atoms with E-state index in [0.717, 1.165) is 9.90 Å². The van der Waals surface area contributed by atoms with Gasteiger partial charge in [-0.25, -0.2) is 0 Å². The van der Waals surface area contributed by atoms with Crippen molar-refractivity contribution < 1.29 is 0 Å². The van der Waals surface area contributed by atoms with Crippen molar-refractivity contribution in [1.82, 2.24) is 0 Å². The van der Waals surface area contributed by atoms with Crippen LogP contribution in [0.15, 0.2) is 23.6 Å². The summed E-state index contributed by atoms with van der Waals surface area (Å²) in [4.78, 5) is 2.48. The van der Waals surface area contributed by atoms with Crippen molar-refractivity contribution in [3.8, 4) is 0 Å². The molecular formula is C10H10ClNS2. The number of thiophene rings is 2. The summed E-state index contributed by atoms with van der Waals surface area (Å²) in [5.74, 6) is 0. The van der Waals surface area contributed by atoms with Gasteiger partial charge in [0.05, 0.1) is 10.4 Å². The standard InChI is InChI=1S/C10H10ClNS2/c1-6-2-3-8(14-6)10(12)7-4-9(11)13-5-7/h2-5,10H,12H2,1H3. The van der Waals surface area contributed by atoms with E-state index in [4.69, 9.17) is 17.3 Å². The third kappa shape index (κ3) is 2.01. The van der Waals surface area contributed by atoms with Gasteiger partial charge in [-0.05, 0) is 36.1 Å². The van der Waals surface area contributed by atoms with Gasteiger partial charge >= 0.3 is 0 Å². The topological polar surface area (TPSA) is 26.0 Å². The lowest BCUT2D eigenvalue weighted by Gasteiger charge is -2.06. The van der Waals surface area contributed by atoms with Gasteiger partial charge in [-0.2, -0.15) is 0 Å².